The van der Waals surface area contributed by atoms with Crippen LogP contribution in [0.15, 0.2) is 24.3 Å². The quantitative estimate of drug-likeness (QED) is 0.809. The fraction of sp³-hybridized carbons (Fsp3) is 0.588. The molecule has 0 bridgehead atoms. The predicted molar refractivity (Wildman–Crippen MR) is 82.1 cm³/mol. The maximum absolute atomic E-state index is 9.94. The highest BCUT2D eigenvalue weighted by Gasteiger charge is 2.28. The zero-order chi connectivity index (χ0) is 15.1. The molecule has 0 amide bonds. The van der Waals surface area contributed by atoms with Gasteiger partial charge >= 0.3 is 0 Å². The number of benzene rings is 1. The molecule has 2 rings (SSSR count). The molecule has 114 valence electrons. The third-order valence-corrected chi connectivity index (χ3v) is 4.15. The summed E-state index contributed by atoms with van der Waals surface area (Å²) in [6.07, 6.45) is 4.64. The summed E-state index contributed by atoms with van der Waals surface area (Å²) in [5.41, 5.74) is 0.955. The molecule has 0 saturated heterocycles. The number of hydrogen-bond acceptors (Lipinski definition) is 4. The van der Waals surface area contributed by atoms with Crippen molar-refractivity contribution in [3.8, 4) is 11.8 Å². The van der Waals surface area contributed by atoms with E-state index in [1.807, 2.05) is 0 Å². The highest BCUT2D eigenvalue weighted by molar-refractivity contribution is 5.36. The van der Waals surface area contributed by atoms with Gasteiger partial charge in [0, 0.05) is 13.1 Å². The van der Waals surface area contributed by atoms with Crippen molar-refractivity contribution in [1.29, 1.82) is 5.26 Å². The van der Waals surface area contributed by atoms with Crippen LogP contribution in [0.4, 0.5) is 0 Å². The van der Waals surface area contributed by atoms with Crippen LogP contribution < -0.4 is 10.1 Å². The highest BCUT2D eigenvalue weighted by atomic mass is 16.5. The molecular formula is C17H24N2O2. The third-order valence-electron chi connectivity index (χ3n) is 4.15. The number of nitrogens with zero attached hydrogens (tertiary/aromatic N) is 1. The third kappa shape index (κ3) is 5.04. The minimum Gasteiger partial charge on any atom is -0.491 e. The second kappa shape index (κ2) is 7.44. The van der Waals surface area contributed by atoms with Gasteiger partial charge in [-0.05, 0) is 36.5 Å². The Balaban J connectivity index is 1.67. The van der Waals surface area contributed by atoms with Crippen LogP contribution in [0.1, 0.15) is 38.2 Å². The number of hydrogen-bond donors (Lipinski definition) is 2. The molecule has 0 spiro atoms. The Morgan fingerprint density at radius 3 is 2.90 bits per heavy atom. The van der Waals surface area contributed by atoms with Crippen molar-refractivity contribution in [2.45, 2.75) is 38.7 Å². The van der Waals surface area contributed by atoms with Crippen LogP contribution in [0.3, 0.4) is 0 Å². The van der Waals surface area contributed by atoms with Gasteiger partial charge in [-0.1, -0.05) is 25.8 Å². The summed E-state index contributed by atoms with van der Waals surface area (Å²) in [5, 5.41) is 22.1. The molecule has 1 atom stereocenters. The van der Waals surface area contributed by atoms with Crippen LogP contribution in [-0.4, -0.2) is 30.9 Å². The lowest BCUT2D eigenvalue weighted by Gasteiger charge is -2.24. The molecule has 1 aliphatic rings. The Morgan fingerprint density at radius 2 is 2.19 bits per heavy atom. The van der Waals surface area contributed by atoms with E-state index in [9.17, 15) is 5.11 Å². The molecular weight excluding hydrogens is 264 g/mol. The summed E-state index contributed by atoms with van der Waals surface area (Å²) >= 11 is 0. The van der Waals surface area contributed by atoms with E-state index in [4.69, 9.17) is 10.00 Å². The largest absolute Gasteiger partial charge is 0.491 e. The zero-order valence-electron chi connectivity index (χ0n) is 12.6. The standard InChI is InChI=1S/C17H24N2O2/c1-17(7-2-3-8-17)13-19-11-15(20)12-21-16-6-4-5-14(9-16)10-18/h4-6,9,15,19-20H,2-3,7-8,11-13H2,1H3. The van der Waals surface area contributed by atoms with Gasteiger partial charge in [0.05, 0.1) is 11.6 Å². The van der Waals surface area contributed by atoms with Crippen LogP contribution in [0.5, 0.6) is 5.75 Å². The van der Waals surface area contributed by atoms with E-state index in [1.165, 1.54) is 25.7 Å². The fourth-order valence-corrected chi connectivity index (χ4v) is 2.85. The SMILES string of the molecule is CC1(CNCC(O)COc2cccc(C#N)c2)CCCC1. The normalized spacial score (nSPS) is 18.1. The molecule has 0 radical (unpaired) electrons. The Labute approximate surface area is 126 Å². The number of aliphatic hydroxyl groups excluding tert-OH is 1. The minimum absolute atomic E-state index is 0.235. The summed E-state index contributed by atoms with van der Waals surface area (Å²) in [6.45, 7) is 4.03. The molecule has 0 aromatic heterocycles. The average molecular weight is 288 g/mol. The number of nitriles is 1. The van der Waals surface area contributed by atoms with Crippen molar-refractivity contribution in [2.24, 2.45) is 5.41 Å². The van der Waals surface area contributed by atoms with Gasteiger partial charge < -0.3 is 15.2 Å². The Hall–Kier alpha value is -1.57. The van der Waals surface area contributed by atoms with Crippen LogP contribution >= 0.6 is 0 Å². The van der Waals surface area contributed by atoms with Gasteiger partial charge in [-0.2, -0.15) is 5.26 Å². The van der Waals surface area contributed by atoms with Gasteiger partial charge in [0.1, 0.15) is 18.5 Å². The van der Waals surface area contributed by atoms with Crippen LogP contribution in [-0.2, 0) is 0 Å². The second-order valence-electron chi connectivity index (χ2n) is 6.25. The molecule has 1 fully saturated rings. The lowest BCUT2D eigenvalue weighted by molar-refractivity contribution is 0.103. The summed E-state index contributed by atoms with van der Waals surface area (Å²) in [4.78, 5) is 0. The Morgan fingerprint density at radius 1 is 1.43 bits per heavy atom. The van der Waals surface area contributed by atoms with Crippen molar-refractivity contribution >= 4 is 0 Å². The van der Waals surface area contributed by atoms with Crippen LogP contribution in [0, 0.1) is 16.7 Å². The van der Waals surface area contributed by atoms with Crippen LogP contribution in [0.25, 0.3) is 0 Å². The van der Waals surface area contributed by atoms with Crippen molar-refractivity contribution in [2.75, 3.05) is 19.7 Å². The fourth-order valence-electron chi connectivity index (χ4n) is 2.85. The van der Waals surface area contributed by atoms with E-state index in [0.717, 1.165) is 6.54 Å². The number of rotatable bonds is 7. The van der Waals surface area contributed by atoms with E-state index in [-0.39, 0.29) is 6.61 Å². The number of ether oxygens (including phenoxy) is 1. The van der Waals surface area contributed by atoms with E-state index >= 15 is 0 Å². The smallest absolute Gasteiger partial charge is 0.120 e. The molecule has 4 nitrogen and oxygen atoms in total. The molecule has 1 aromatic rings. The van der Waals surface area contributed by atoms with Crippen molar-refractivity contribution in [3.05, 3.63) is 29.8 Å². The molecule has 0 aliphatic heterocycles. The molecule has 0 heterocycles. The first-order valence-electron chi connectivity index (χ1n) is 7.63. The number of aliphatic hydroxyl groups is 1. The first-order chi connectivity index (χ1) is 10.1. The van der Waals surface area contributed by atoms with E-state index < -0.39 is 6.10 Å². The first-order valence-corrected chi connectivity index (χ1v) is 7.63. The maximum atomic E-state index is 9.94. The summed E-state index contributed by atoms with van der Waals surface area (Å²) < 4.78 is 5.52. The molecule has 1 unspecified atom stereocenters. The van der Waals surface area contributed by atoms with E-state index in [2.05, 4.69) is 18.3 Å². The lowest BCUT2D eigenvalue weighted by atomic mass is 9.89. The van der Waals surface area contributed by atoms with E-state index in [1.54, 1.807) is 24.3 Å². The summed E-state index contributed by atoms with van der Waals surface area (Å²) in [6, 6.07) is 9.05. The Bertz CT molecular complexity index is 490. The first kappa shape index (κ1) is 15.8. The minimum atomic E-state index is -0.541. The van der Waals surface area contributed by atoms with Crippen LogP contribution in [0.2, 0.25) is 0 Å². The van der Waals surface area contributed by atoms with Gasteiger partial charge in [-0.3, -0.25) is 0 Å². The molecule has 2 N–H and O–H groups in total. The molecule has 4 heteroatoms. The van der Waals surface area contributed by atoms with E-state index in [0.29, 0.717) is 23.3 Å². The highest BCUT2D eigenvalue weighted by Crippen LogP contribution is 2.36. The molecule has 1 aromatic carbocycles. The molecule has 1 aliphatic carbocycles. The monoisotopic (exact) mass is 288 g/mol. The van der Waals surface area contributed by atoms with Gasteiger partial charge in [-0.25, -0.2) is 0 Å². The molecule has 21 heavy (non-hydrogen) atoms. The second-order valence-corrected chi connectivity index (χ2v) is 6.25. The van der Waals surface area contributed by atoms with Gasteiger partial charge in [-0.15, -0.1) is 0 Å². The lowest BCUT2D eigenvalue weighted by Crippen LogP contribution is -2.37. The maximum Gasteiger partial charge on any atom is 0.120 e. The number of nitrogens with one attached hydrogen (secondary N) is 1. The topological polar surface area (TPSA) is 65.3 Å². The van der Waals surface area contributed by atoms with Gasteiger partial charge in [0.2, 0.25) is 0 Å². The van der Waals surface area contributed by atoms with Gasteiger partial charge in [0.25, 0.3) is 0 Å². The Kier molecular flexibility index (Phi) is 5.60. The van der Waals surface area contributed by atoms with Crippen molar-refractivity contribution < 1.29 is 9.84 Å². The van der Waals surface area contributed by atoms with Crippen molar-refractivity contribution in [1.82, 2.24) is 5.32 Å². The van der Waals surface area contributed by atoms with Gasteiger partial charge in [0.15, 0.2) is 0 Å². The van der Waals surface area contributed by atoms with Crippen molar-refractivity contribution in [3.63, 3.8) is 0 Å². The predicted octanol–water partition coefficient (Wildman–Crippen LogP) is 2.47. The summed E-state index contributed by atoms with van der Waals surface area (Å²) in [5.74, 6) is 0.621. The zero-order valence-corrected chi connectivity index (χ0v) is 12.6. The molecule has 1 saturated carbocycles. The average Bonchev–Trinajstić information content (AvgIpc) is 2.92. The summed E-state index contributed by atoms with van der Waals surface area (Å²) in [7, 11) is 0.